The first-order valence-corrected chi connectivity index (χ1v) is 9.77. The van der Waals surface area contributed by atoms with Crippen LogP contribution in [0.15, 0.2) is 52.3 Å². The largest absolute Gasteiger partial charge is 0.490 e. The minimum atomic E-state index is 0.281. The van der Waals surface area contributed by atoms with Crippen LogP contribution in [0.4, 0.5) is 11.4 Å². The second kappa shape index (κ2) is 8.50. The average Bonchev–Trinajstić information content (AvgIpc) is 2.65. The van der Waals surface area contributed by atoms with Crippen molar-refractivity contribution in [2.24, 2.45) is 5.92 Å². The summed E-state index contributed by atoms with van der Waals surface area (Å²) in [5.74, 6) is 1.55. The topological polar surface area (TPSA) is 73.3 Å². The first kappa shape index (κ1) is 18.0. The molecule has 0 aromatic heterocycles. The van der Waals surface area contributed by atoms with Gasteiger partial charge in [-0.15, -0.1) is 0 Å². The Morgan fingerprint density at radius 3 is 2.52 bits per heavy atom. The summed E-state index contributed by atoms with van der Waals surface area (Å²) < 4.78 is 6.26. The average molecular weight is 358 g/mol. The third kappa shape index (κ3) is 4.83. The summed E-state index contributed by atoms with van der Waals surface area (Å²) in [4.78, 5) is 2.24. The lowest BCUT2D eigenvalue weighted by atomic mass is 9.92. The van der Waals surface area contributed by atoms with Crippen molar-refractivity contribution < 1.29 is 4.74 Å². The van der Waals surface area contributed by atoms with Crippen molar-refractivity contribution in [2.75, 3.05) is 24.6 Å². The Morgan fingerprint density at radius 2 is 1.88 bits per heavy atom. The molecule has 0 spiro atoms. The number of rotatable bonds is 6. The quantitative estimate of drug-likeness (QED) is 0.677. The van der Waals surface area contributed by atoms with Gasteiger partial charge in [-0.3, -0.25) is 0 Å². The second-order valence-electron chi connectivity index (χ2n) is 6.54. The van der Waals surface area contributed by atoms with Gasteiger partial charge in [0.05, 0.1) is 11.4 Å². The normalized spacial score (nSPS) is 18.7. The fourth-order valence-electron chi connectivity index (χ4n) is 3.22. The first-order valence-electron chi connectivity index (χ1n) is 8.96. The van der Waals surface area contributed by atoms with Crippen molar-refractivity contribution in [1.82, 2.24) is 5.32 Å². The summed E-state index contributed by atoms with van der Waals surface area (Å²) in [6, 6.07) is 14.1. The highest BCUT2D eigenvalue weighted by Gasteiger charge is 2.23. The van der Waals surface area contributed by atoms with Gasteiger partial charge in [-0.25, -0.2) is 0 Å². The molecule has 134 valence electrons. The molecule has 0 saturated carbocycles. The van der Waals surface area contributed by atoms with Crippen molar-refractivity contribution in [2.45, 2.75) is 42.1 Å². The molecule has 5 N–H and O–H groups in total. The fourth-order valence-corrected chi connectivity index (χ4v) is 4.09. The molecule has 2 aromatic carbocycles. The van der Waals surface area contributed by atoms with Crippen LogP contribution in [0.2, 0.25) is 0 Å². The molecule has 3 rings (SSSR count). The van der Waals surface area contributed by atoms with E-state index in [-0.39, 0.29) is 6.10 Å². The predicted octanol–water partition coefficient (Wildman–Crippen LogP) is 4.16. The van der Waals surface area contributed by atoms with Gasteiger partial charge in [-0.05, 0) is 68.3 Å². The van der Waals surface area contributed by atoms with Gasteiger partial charge in [0.2, 0.25) is 0 Å². The Kier molecular flexibility index (Phi) is 6.10. The molecule has 1 heterocycles. The third-order valence-electron chi connectivity index (χ3n) is 4.67. The minimum absolute atomic E-state index is 0.281. The fraction of sp³-hybridized carbons (Fsp3) is 0.400. The Bertz CT molecular complexity index is 684. The van der Waals surface area contributed by atoms with Crippen LogP contribution in [-0.4, -0.2) is 19.2 Å². The maximum absolute atomic E-state index is 6.26. The zero-order chi connectivity index (χ0) is 17.6. The number of benzene rings is 2. The lowest BCUT2D eigenvalue weighted by Gasteiger charge is -2.30. The maximum atomic E-state index is 6.26. The molecule has 25 heavy (non-hydrogen) atoms. The van der Waals surface area contributed by atoms with Gasteiger partial charge in [0.15, 0.2) is 0 Å². The standard InChI is InChI=1S/C20H27N3OS/c1-2-20(14-4-3-11-23-13-14)24-15-5-7-16(8-6-15)25-17-9-10-18(21)19(22)12-17/h5-10,12,14,20,23H,2-4,11,13,21-22H2,1H3. The van der Waals surface area contributed by atoms with E-state index in [9.17, 15) is 0 Å². The molecule has 0 aliphatic carbocycles. The van der Waals surface area contributed by atoms with E-state index in [1.165, 1.54) is 12.8 Å². The van der Waals surface area contributed by atoms with Crippen LogP contribution in [0.3, 0.4) is 0 Å². The summed E-state index contributed by atoms with van der Waals surface area (Å²) in [7, 11) is 0. The number of piperidine rings is 1. The van der Waals surface area contributed by atoms with Crippen molar-refractivity contribution >= 4 is 23.1 Å². The molecule has 1 saturated heterocycles. The number of nitrogen functional groups attached to an aromatic ring is 2. The van der Waals surface area contributed by atoms with E-state index in [1.807, 2.05) is 18.2 Å². The van der Waals surface area contributed by atoms with E-state index in [2.05, 4.69) is 36.5 Å². The van der Waals surface area contributed by atoms with Crippen LogP contribution in [0.5, 0.6) is 5.75 Å². The third-order valence-corrected chi connectivity index (χ3v) is 5.67. The Hall–Kier alpha value is -1.85. The number of nitrogens with one attached hydrogen (secondary N) is 1. The van der Waals surface area contributed by atoms with E-state index < -0.39 is 0 Å². The van der Waals surface area contributed by atoms with Crippen LogP contribution in [0.25, 0.3) is 0 Å². The number of hydrogen-bond donors (Lipinski definition) is 3. The number of anilines is 2. The van der Waals surface area contributed by atoms with E-state index >= 15 is 0 Å². The van der Waals surface area contributed by atoms with Crippen molar-refractivity contribution in [1.29, 1.82) is 0 Å². The van der Waals surface area contributed by atoms with Crippen molar-refractivity contribution in [3.05, 3.63) is 42.5 Å². The summed E-state index contributed by atoms with van der Waals surface area (Å²) in [6.45, 7) is 4.40. The molecule has 2 unspecified atom stereocenters. The number of nitrogens with two attached hydrogens (primary N) is 2. The lowest BCUT2D eigenvalue weighted by molar-refractivity contribution is 0.111. The molecule has 1 fully saturated rings. The van der Waals surface area contributed by atoms with Crippen LogP contribution in [0.1, 0.15) is 26.2 Å². The van der Waals surface area contributed by atoms with E-state index in [4.69, 9.17) is 16.2 Å². The summed E-state index contributed by atoms with van der Waals surface area (Å²) >= 11 is 1.67. The van der Waals surface area contributed by atoms with Gasteiger partial charge in [-0.1, -0.05) is 18.7 Å². The monoisotopic (exact) mass is 357 g/mol. The highest BCUT2D eigenvalue weighted by atomic mass is 32.2. The highest BCUT2D eigenvalue weighted by Crippen LogP contribution is 2.32. The molecule has 0 radical (unpaired) electrons. The first-order chi connectivity index (χ1) is 12.2. The molecular weight excluding hydrogens is 330 g/mol. The van der Waals surface area contributed by atoms with E-state index in [1.54, 1.807) is 11.8 Å². The summed E-state index contributed by atoms with van der Waals surface area (Å²) in [6.07, 6.45) is 3.80. The number of ether oxygens (including phenoxy) is 1. The van der Waals surface area contributed by atoms with Crippen LogP contribution in [-0.2, 0) is 0 Å². The Morgan fingerprint density at radius 1 is 1.12 bits per heavy atom. The van der Waals surface area contributed by atoms with E-state index in [0.717, 1.165) is 35.1 Å². The van der Waals surface area contributed by atoms with Crippen LogP contribution >= 0.6 is 11.8 Å². The molecule has 1 aliphatic heterocycles. The lowest BCUT2D eigenvalue weighted by Crippen LogP contribution is -2.39. The van der Waals surface area contributed by atoms with Gasteiger partial charge in [0.25, 0.3) is 0 Å². The van der Waals surface area contributed by atoms with Gasteiger partial charge in [-0.2, -0.15) is 0 Å². The zero-order valence-corrected chi connectivity index (χ0v) is 15.5. The second-order valence-corrected chi connectivity index (χ2v) is 7.68. The molecule has 2 aromatic rings. The molecule has 4 nitrogen and oxygen atoms in total. The zero-order valence-electron chi connectivity index (χ0n) is 14.7. The Labute approximate surface area is 154 Å². The SMILES string of the molecule is CCC(Oc1ccc(Sc2ccc(N)c(N)c2)cc1)C1CCCNC1. The maximum Gasteiger partial charge on any atom is 0.119 e. The minimum Gasteiger partial charge on any atom is -0.490 e. The predicted molar refractivity (Wildman–Crippen MR) is 106 cm³/mol. The molecule has 0 bridgehead atoms. The van der Waals surface area contributed by atoms with Gasteiger partial charge in [0.1, 0.15) is 11.9 Å². The smallest absolute Gasteiger partial charge is 0.119 e. The van der Waals surface area contributed by atoms with Crippen molar-refractivity contribution in [3.8, 4) is 5.75 Å². The highest BCUT2D eigenvalue weighted by molar-refractivity contribution is 7.99. The van der Waals surface area contributed by atoms with Gasteiger partial charge in [0, 0.05) is 22.3 Å². The van der Waals surface area contributed by atoms with E-state index in [0.29, 0.717) is 17.3 Å². The van der Waals surface area contributed by atoms with Crippen molar-refractivity contribution in [3.63, 3.8) is 0 Å². The molecule has 2 atom stereocenters. The Balaban J connectivity index is 1.61. The summed E-state index contributed by atoms with van der Waals surface area (Å²) in [5, 5.41) is 3.48. The molecule has 1 aliphatic rings. The van der Waals surface area contributed by atoms with Gasteiger partial charge >= 0.3 is 0 Å². The summed E-state index contributed by atoms with van der Waals surface area (Å²) in [5.41, 5.74) is 12.9. The van der Waals surface area contributed by atoms with Crippen LogP contribution < -0.4 is 21.5 Å². The molecule has 0 amide bonds. The van der Waals surface area contributed by atoms with Crippen LogP contribution in [0, 0.1) is 5.92 Å². The molecule has 5 heteroatoms. The molecular formula is C20H27N3OS. The van der Waals surface area contributed by atoms with Gasteiger partial charge < -0.3 is 21.5 Å². The number of hydrogen-bond acceptors (Lipinski definition) is 5.